The highest BCUT2D eigenvalue weighted by atomic mass is 16.3. The van der Waals surface area contributed by atoms with Crippen LogP contribution in [0.15, 0.2) is 29.1 Å². The van der Waals surface area contributed by atoms with Gasteiger partial charge in [0.1, 0.15) is 12.0 Å². The number of carbonyl (C=O) groups excluding carboxylic acids is 1. The van der Waals surface area contributed by atoms with Crippen molar-refractivity contribution in [1.29, 1.82) is 0 Å². The molecule has 0 aliphatic heterocycles. The number of amides is 1. The van der Waals surface area contributed by atoms with E-state index >= 15 is 0 Å². The van der Waals surface area contributed by atoms with Crippen molar-refractivity contribution in [3.05, 3.63) is 41.6 Å². The predicted octanol–water partition coefficient (Wildman–Crippen LogP) is 1.13. The maximum absolute atomic E-state index is 12.3. The van der Waals surface area contributed by atoms with Crippen LogP contribution in [0.2, 0.25) is 0 Å². The van der Waals surface area contributed by atoms with Gasteiger partial charge in [-0.2, -0.15) is 5.10 Å². The van der Waals surface area contributed by atoms with Crippen molar-refractivity contribution in [2.24, 2.45) is 12.8 Å². The highest BCUT2D eigenvalue weighted by Crippen LogP contribution is 2.12. The van der Waals surface area contributed by atoms with E-state index in [1.807, 2.05) is 20.2 Å². The topological polar surface area (TPSA) is 77.3 Å². The Morgan fingerprint density at radius 3 is 2.89 bits per heavy atom. The van der Waals surface area contributed by atoms with E-state index in [0.717, 1.165) is 5.56 Å². The Balaban J connectivity index is 2.10. The molecule has 102 valence electrons. The van der Waals surface area contributed by atoms with Gasteiger partial charge in [0.25, 0.3) is 5.91 Å². The van der Waals surface area contributed by atoms with Gasteiger partial charge in [0.15, 0.2) is 0 Å². The molecule has 6 nitrogen and oxygen atoms in total. The van der Waals surface area contributed by atoms with Gasteiger partial charge in [0, 0.05) is 31.9 Å². The third kappa shape index (κ3) is 3.03. The summed E-state index contributed by atoms with van der Waals surface area (Å²) in [4.78, 5) is 14.1. The molecule has 0 spiro atoms. The average Bonchev–Trinajstić information content (AvgIpc) is 3.04. The molecule has 19 heavy (non-hydrogen) atoms. The number of hydrogen-bond donors (Lipinski definition) is 1. The first kappa shape index (κ1) is 13.4. The molecule has 2 rings (SSSR count). The third-order valence-electron chi connectivity index (χ3n) is 2.90. The van der Waals surface area contributed by atoms with Crippen LogP contribution in [0.4, 0.5) is 0 Å². The van der Waals surface area contributed by atoms with Crippen LogP contribution < -0.4 is 5.73 Å². The molecular weight excluding hydrogens is 244 g/mol. The molecule has 0 bridgehead atoms. The quantitative estimate of drug-likeness (QED) is 0.876. The lowest BCUT2D eigenvalue weighted by Gasteiger charge is -2.19. The van der Waals surface area contributed by atoms with Crippen molar-refractivity contribution in [3.63, 3.8) is 0 Å². The minimum Gasteiger partial charge on any atom is -0.467 e. The lowest BCUT2D eigenvalue weighted by atomic mass is 10.2. The first-order chi connectivity index (χ1) is 9.13. The summed E-state index contributed by atoms with van der Waals surface area (Å²) < 4.78 is 6.92. The van der Waals surface area contributed by atoms with E-state index in [1.165, 1.54) is 6.26 Å². The molecule has 6 heteroatoms. The summed E-state index contributed by atoms with van der Waals surface area (Å²) >= 11 is 0. The Morgan fingerprint density at radius 1 is 1.58 bits per heavy atom. The number of nitrogens with zero attached hydrogens (tertiary/aromatic N) is 3. The van der Waals surface area contributed by atoms with Gasteiger partial charge < -0.3 is 15.1 Å². The van der Waals surface area contributed by atoms with Crippen molar-refractivity contribution < 1.29 is 9.21 Å². The van der Waals surface area contributed by atoms with Gasteiger partial charge in [0.2, 0.25) is 0 Å². The second-order valence-corrected chi connectivity index (χ2v) is 4.35. The van der Waals surface area contributed by atoms with Crippen LogP contribution in [0, 0.1) is 0 Å². The molecule has 2 heterocycles. The lowest BCUT2D eigenvalue weighted by Crippen LogP contribution is -2.29. The van der Waals surface area contributed by atoms with E-state index in [4.69, 9.17) is 10.2 Å². The summed E-state index contributed by atoms with van der Waals surface area (Å²) in [6.07, 6.45) is 5.11. The van der Waals surface area contributed by atoms with Gasteiger partial charge in [-0.1, -0.05) is 0 Å². The van der Waals surface area contributed by atoms with E-state index in [2.05, 4.69) is 5.10 Å². The maximum Gasteiger partial charge on any atom is 0.257 e. The first-order valence-electron chi connectivity index (χ1n) is 6.18. The Kier molecular flexibility index (Phi) is 4.01. The van der Waals surface area contributed by atoms with Crippen molar-refractivity contribution >= 4 is 5.91 Å². The van der Waals surface area contributed by atoms with Crippen molar-refractivity contribution in [2.75, 3.05) is 6.54 Å². The lowest BCUT2D eigenvalue weighted by molar-refractivity contribution is 0.0752. The Morgan fingerprint density at radius 2 is 2.37 bits per heavy atom. The molecule has 0 unspecified atom stereocenters. The van der Waals surface area contributed by atoms with Crippen LogP contribution in [0.25, 0.3) is 0 Å². The summed E-state index contributed by atoms with van der Waals surface area (Å²) in [5.41, 5.74) is 7.00. The summed E-state index contributed by atoms with van der Waals surface area (Å²) in [5, 5.41) is 4.10. The largest absolute Gasteiger partial charge is 0.467 e. The maximum atomic E-state index is 12.3. The SMILES string of the molecule is CCN(Cc1cnn(C)c1)C(=O)c1coc(CN)c1. The van der Waals surface area contributed by atoms with Gasteiger partial charge in [-0.15, -0.1) is 0 Å². The van der Waals surface area contributed by atoms with Gasteiger partial charge in [-0.3, -0.25) is 9.48 Å². The fraction of sp³-hybridized carbons (Fsp3) is 0.385. The van der Waals surface area contributed by atoms with Crippen molar-refractivity contribution in [1.82, 2.24) is 14.7 Å². The van der Waals surface area contributed by atoms with Crippen LogP contribution in [-0.4, -0.2) is 27.1 Å². The normalized spacial score (nSPS) is 10.7. The summed E-state index contributed by atoms with van der Waals surface area (Å²) in [5.74, 6) is 0.551. The molecule has 0 fully saturated rings. The number of rotatable bonds is 5. The molecule has 2 aromatic heterocycles. The number of hydrogen-bond acceptors (Lipinski definition) is 4. The van der Waals surface area contributed by atoms with Crippen LogP contribution in [0.5, 0.6) is 0 Å². The zero-order chi connectivity index (χ0) is 13.8. The third-order valence-corrected chi connectivity index (χ3v) is 2.90. The van der Waals surface area contributed by atoms with Crippen LogP contribution >= 0.6 is 0 Å². The molecule has 0 aliphatic carbocycles. The second-order valence-electron chi connectivity index (χ2n) is 4.35. The smallest absolute Gasteiger partial charge is 0.257 e. The summed E-state index contributed by atoms with van der Waals surface area (Å²) in [6.45, 7) is 3.39. The molecule has 0 atom stereocenters. The fourth-order valence-electron chi connectivity index (χ4n) is 1.88. The zero-order valence-electron chi connectivity index (χ0n) is 11.2. The van der Waals surface area contributed by atoms with Crippen molar-refractivity contribution in [3.8, 4) is 0 Å². The van der Waals surface area contributed by atoms with E-state index in [9.17, 15) is 4.79 Å². The highest BCUT2D eigenvalue weighted by molar-refractivity contribution is 5.94. The van der Waals surface area contributed by atoms with Gasteiger partial charge >= 0.3 is 0 Å². The van der Waals surface area contributed by atoms with Crippen LogP contribution in [0.3, 0.4) is 0 Å². The second kappa shape index (κ2) is 5.71. The number of aromatic nitrogens is 2. The monoisotopic (exact) mass is 262 g/mol. The van der Waals surface area contributed by atoms with Crippen LogP contribution in [0.1, 0.15) is 28.6 Å². The first-order valence-corrected chi connectivity index (χ1v) is 6.18. The number of furan rings is 1. The molecule has 2 N–H and O–H groups in total. The van der Waals surface area contributed by atoms with Crippen molar-refractivity contribution in [2.45, 2.75) is 20.0 Å². The average molecular weight is 262 g/mol. The van der Waals surface area contributed by atoms with E-state index in [1.54, 1.807) is 21.8 Å². The fourth-order valence-corrected chi connectivity index (χ4v) is 1.88. The van der Waals surface area contributed by atoms with E-state index < -0.39 is 0 Å². The zero-order valence-corrected chi connectivity index (χ0v) is 11.2. The minimum absolute atomic E-state index is 0.0604. The van der Waals surface area contributed by atoms with Gasteiger partial charge in [0.05, 0.1) is 18.3 Å². The van der Waals surface area contributed by atoms with Gasteiger partial charge in [-0.05, 0) is 13.0 Å². The number of aryl methyl sites for hydroxylation is 1. The Hall–Kier alpha value is -2.08. The minimum atomic E-state index is -0.0604. The molecule has 0 aliphatic rings. The highest BCUT2D eigenvalue weighted by Gasteiger charge is 2.17. The summed E-state index contributed by atoms with van der Waals surface area (Å²) in [7, 11) is 1.85. The molecule has 1 amide bonds. The standard InChI is InChI=1S/C13H18N4O2/c1-3-17(8-10-6-15-16(2)7-10)13(18)11-4-12(5-14)19-9-11/h4,6-7,9H,3,5,8,14H2,1-2H3. The number of carbonyl (C=O) groups is 1. The molecule has 2 aromatic rings. The molecule has 0 saturated heterocycles. The molecule has 0 aromatic carbocycles. The molecule has 0 radical (unpaired) electrons. The Labute approximate surface area is 111 Å². The number of nitrogens with two attached hydrogens (primary N) is 1. The predicted molar refractivity (Wildman–Crippen MR) is 70.2 cm³/mol. The van der Waals surface area contributed by atoms with E-state index in [0.29, 0.717) is 31.0 Å². The van der Waals surface area contributed by atoms with Gasteiger partial charge in [-0.25, -0.2) is 0 Å². The van der Waals surface area contributed by atoms with Crippen LogP contribution in [-0.2, 0) is 20.1 Å². The Bertz CT molecular complexity index is 558. The molecular formula is C13H18N4O2. The molecule has 0 saturated carbocycles. The summed E-state index contributed by atoms with van der Waals surface area (Å²) in [6, 6.07) is 1.69. The van der Waals surface area contributed by atoms with E-state index in [-0.39, 0.29) is 5.91 Å².